The molecule has 1 aromatic carbocycles. The van der Waals surface area contributed by atoms with Gasteiger partial charge in [0.2, 0.25) is 0 Å². The molecule has 2 N–H and O–H groups in total. The third-order valence-corrected chi connectivity index (χ3v) is 7.43. The fourth-order valence-corrected chi connectivity index (χ4v) is 6.40. The average molecular weight is 402 g/mol. The summed E-state index contributed by atoms with van der Waals surface area (Å²) in [7, 11) is 1.58. The van der Waals surface area contributed by atoms with Crippen LogP contribution >= 0.6 is 0 Å². The van der Waals surface area contributed by atoms with Gasteiger partial charge in [0.1, 0.15) is 5.69 Å². The Morgan fingerprint density at radius 1 is 1.24 bits per heavy atom. The summed E-state index contributed by atoms with van der Waals surface area (Å²) in [5.74, 6) is 2.23. The van der Waals surface area contributed by atoms with Crippen molar-refractivity contribution in [1.29, 1.82) is 0 Å². The van der Waals surface area contributed by atoms with E-state index in [-0.39, 0.29) is 23.1 Å². The van der Waals surface area contributed by atoms with Gasteiger partial charge in [-0.15, -0.1) is 0 Å². The van der Waals surface area contributed by atoms with Crippen LogP contribution in [-0.4, -0.2) is 37.1 Å². The first-order chi connectivity index (χ1) is 13.9. The molecule has 0 aromatic heterocycles. The molecule has 5 rings (SSSR count). The first-order valence-corrected chi connectivity index (χ1v) is 10.7. The molecule has 4 aliphatic carbocycles. The van der Waals surface area contributed by atoms with E-state index in [0.717, 1.165) is 17.8 Å². The number of anilines is 1. The van der Waals surface area contributed by atoms with Gasteiger partial charge in [-0.25, -0.2) is 0 Å². The molecule has 4 saturated carbocycles. The van der Waals surface area contributed by atoms with Crippen LogP contribution in [0.1, 0.15) is 55.8 Å². The van der Waals surface area contributed by atoms with E-state index in [9.17, 15) is 14.9 Å². The number of nitrogens with zero attached hydrogens (tertiary/aromatic N) is 1. The molecule has 1 amide bonds. The van der Waals surface area contributed by atoms with Crippen molar-refractivity contribution in [3.8, 4) is 0 Å². The number of carbonyl (C=O) groups is 1. The second-order valence-corrected chi connectivity index (χ2v) is 9.38. The van der Waals surface area contributed by atoms with Gasteiger partial charge in [0.05, 0.1) is 11.5 Å². The zero-order valence-electron chi connectivity index (χ0n) is 17.3. The lowest BCUT2D eigenvalue weighted by Crippen LogP contribution is -2.55. The predicted octanol–water partition coefficient (Wildman–Crippen LogP) is 3.99. The highest BCUT2D eigenvalue weighted by atomic mass is 16.6. The Labute approximate surface area is 171 Å². The van der Waals surface area contributed by atoms with Crippen LogP contribution < -0.4 is 10.6 Å². The van der Waals surface area contributed by atoms with Gasteiger partial charge in [-0.3, -0.25) is 14.9 Å². The fraction of sp³-hybridized carbons (Fsp3) is 0.682. The van der Waals surface area contributed by atoms with E-state index >= 15 is 0 Å². The highest BCUT2D eigenvalue weighted by molar-refractivity contribution is 5.96. The number of carbonyl (C=O) groups excluding carboxylic acids is 1. The topological polar surface area (TPSA) is 93.5 Å². The highest BCUT2D eigenvalue weighted by Gasteiger charge is 2.53. The summed E-state index contributed by atoms with van der Waals surface area (Å²) in [5, 5.41) is 17.7. The first-order valence-electron chi connectivity index (χ1n) is 10.7. The van der Waals surface area contributed by atoms with Crippen LogP contribution in [0.25, 0.3) is 0 Å². The number of methoxy groups -OCH3 is 1. The van der Waals surface area contributed by atoms with Crippen LogP contribution in [-0.2, 0) is 4.74 Å². The minimum Gasteiger partial charge on any atom is -0.383 e. The zero-order chi connectivity index (χ0) is 20.6. The molecule has 4 bridgehead atoms. The molecule has 7 heteroatoms. The van der Waals surface area contributed by atoms with Crippen molar-refractivity contribution >= 4 is 17.3 Å². The maximum absolute atomic E-state index is 12.9. The third kappa shape index (κ3) is 3.97. The molecule has 0 aliphatic heterocycles. The Bertz CT molecular complexity index is 759. The number of amides is 1. The molecule has 29 heavy (non-hydrogen) atoms. The minimum atomic E-state index is -0.450. The number of hydrogen-bond acceptors (Lipinski definition) is 5. The van der Waals surface area contributed by atoms with Crippen LogP contribution in [0.5, 0.6) is 0 Å². The van der Waals surface area contributed by atoms with Gasteiger partial charge < -0.3 is 15.4 Å². The fourth-order valence-electron chi connectivity index (χ4n) is 6.40. The van der Waals surface area contributed by atoms with Gasteiger partial charge in [-0.1, -0.05) is 0 Å². The predicted molar refractivity (Wildman–Crippen MR) is 111 cm³/mol. The van der Waals surface area contributed by atoms with E-state index in [0.29, 0.717) is 24.4 Å². The molecule has 0 heterocycles. The van der Waals surface area contributed by atoms with E-state index < -0.39 is 4.92 Å². The molecule has 1 atom stereocenters. The highest BCUT2D eigenvalue weighted by Crippen LogP contribution is 2.61. The lowest BCUT2D eigenvalue weighted by atomic mass is 9.48. The van der Waals surface area contributed by atoms with Crippen LogP contribution in [0, 0.1) is 33.3 Å². The van der Waals surface area contributed by atoms with E-state index in [4.69, 9.17) is 4.74 Å². The number of benzene rings is 1. The van der Waals surface area contributed by atoms with Crippen LogP contribution in [0.2, 0.25) is 0 Å². The second kappa shape index (κ2) is 7.94. The Morgan fingerprint density at radius 3 is 2.41 bits per heavy atom. The second-order valence-electron chi connectivity index (χ2n) is 9.38. The van der Waals surface area contributed by atoms with Crippen molar-refractivity contribution in [1.82, 2.24) is 5.32 Å². The maximum atomic E-state index is 12.9. The molecule has 0 spiro atoms. The van der Waals surface area contributed by atoms with Crippen molar-refractivity contribution in [3.05, 3.63) is 33.9 Å². The number of ether oxygens (including phenoxy) is 1. The van der Waals surface area contributed by atoms with Crippen LogP contribution in [0.15, 0.2) is 18.2 Å². The molecule has 0 saturated heterocycles. The lowest BCUT2D eigenvalue weighted by molar-refractivity contribution is -0.384. The quantitative estimate of drug-likeness (QED) is 0.390. The summed E-state index contributed by atoms with van der Waals surface area (Å²) in [6.45, 7) is 3.04. The molecule has 1 unspecified atom stereocenters. The standard InChI is InChI=1S/C22H31N3O4/c1-14(22-11-15-7-16(12-22)9-17(8-15)13-22)24-21(26)18-3-4-19(23-5-6-29-2)20(10-18)25(27)28/h3-4,10,14-17,23H,5-9,11-13H2,1-2H3,(H,24,26). The minimum absolute atomic E-state index is 0.0851. The molecular weight excluding hydrogens is 370 g/mol. The van der Waals surface area contributed by atoms with Gasteiger partial charge in [-0.2, -0.15) is 0 Å². The first kappa shape index (κ1) is 20.1. The van der Waals surface area contributed by atoms with E-state index in [1.807, 2.05) is 0 Å². The Balaban J connectivity index is 1.46. The van der Waals surface area contributed by atoms with Crippen molar-refractivity contribution < 1.29 is 14.5 Å². The summed E-state index contributed by atoms with van der Waals surface area (Å²) in [5.41, 5.74) is 0.859. The molecule has 1 aromatic rings. The molecule has 4 fully saturated rings. The Kier molecular flexibility index (Phi) is 5.51. The number of nitrogens with one attached hydrogen (secondary N) is 2. The summed E-state index contributed by atoms with van der Waals surface area (Å²) in [4.78, 5) is 24.0. The summed E-state index contributed by atoms with van der Waals surface area (Å²) < 4.78 is 4.97. The summed E-state index contributed by atoms with van der Waals surface area (Å²) in [6.07, 6.45) is 7.73. The largest absolute Gasteiger partial charge is 0.383 e. The van der Waals surface area contributed by atoms with Crippen molar-refractivity contribution in [2.24, 2.45) is 23.2 Å². The van der Waals surface area contributed by atoms with Crippen molar-refractivity contribution in [2.45, 2.75) is 51.5 Å². The van der Waals surface area contributed by atoms with Gasteiger partial charge in [-0.05, 0) is 80.8 Å². The molecular formula is C22H31N3O4. The number of nitro benzene ring substituents is 1. The molecule has 7 nitrogen and oxygen atoms in total. The maximum Gasteiger partial charge on any atom is 0.293 e. The number of rotatable bonds is 8. The summed E-state index contributed by atoms with van der Waals surface area (Å²) in [6, 6.07) is 4.72. The van der Waals surface area contributed by atoms with Crippen LogP contribution in [0.4, 0.5) is 11.4 Å². The van der Waals surface area contributed by atoms with Gasteiger partial charge in [0.15, 0.2) is 0 Å². The Hall–Kier alpha value is -2.15. The number of hydrogen-bond donors (Lipinski definition) is 2. The monoisotopic (exact) mass is 401 g/mol. The van der Waals surface area contributed by atoms with Gasteiger partial charge in [0.25, 0.3) is 11.6 Å². The van der Waals surface area contributed by atoms with Crippen molar-refractivity contribution in [2.75, 3.05) is 25.6 Å². The molecule has 0 radical (unpaired) electrons. The Morgan fingerprint density at radius 2 is 1.86 bits per heavy atom. The molecule has 4 aliphatic rings. The van der Waals surface area contributed by atoms with Gasteiger partial charge >= 0.3 is 0 Å². The SMILES string of the molecule is COCCNc1ccc(C(=O)NC(C)C23CC4CC(CC(C4)C2)C3)cc1[N+](=O)[O-]. The van der Waals surface area contributed by atoms with Gasteiger partial charge in [0, 0.05) is 31.3 Å². The average Bonchev–Trinajstić information content (AvgIpc) is 2.67. The lowest BCUT2D eigenvalue weighted by Gasteiger charge is -2.59. The normalized spacial score (nSPS) is 30.8. The molecule has 158 valence electrons. The number of nitro groups is 1. The van der Waals surface area contributed by atoms with Crippen molar-refractivity contribution in [3.63, 3.8) is 0 Å². The zero-order valence-corrected chi connectivity index (χ0v) is 17.3. The van der Waals surface area contributed by atoms with E-state index in [1.165, 1.54) is 44.6 Å². The third-order valence-electron chi connectivity index (χ3n) is 7.43. The van der Waals surface area contributed by atoms with Crippen LogP contribution in [0.3, 0.4) is 0 Å². The smallest absolute Gasteiger partial charge is 0.293 e. The van der Waals surface area contributed by atoms with E-state index in [2.05, 4.69) is 17.6 Å². The van der Waals surface area contributed by atoms with E-state index in [1.54, 1.807) is 19.2 Å². The summed E-state index contributed by atoms with van der Waals surface area (Å²) >= 11 is 0.